The zero-order valence-corrected chi connectivity index (χ0v) is 86.8. The minimum atomic E-state index is -2.00. The molecule has 1 aliphatic heterocycles. The SMILES string of the molecule is CNCCOCCOCCOCCN/C1=C(\NN)c2ccccc2N(C(=O)CCC(=O)NCCOCCOCCOCCOCCC(=O)N[C@H](CCC(=O)NC[C@H](O)[C@@H](O)[C@H](O)[C@H](O)CO)C(=O)N[C@H](C(=O)C[C@@H](CCCNC(N)=O)C(=O)Nc2ccc(COC(=O)N[C@@H](CO)C(=O)Cc3ccc4c(c3)[C@@]3(C)CCC[C@](C)(C(=O)NC(=O)[C@@]5(C)CCC[C@]6(C)c7cc(O)ccc7CC[C@@H]56)[C@@H]3CC4)cc2)C(C)C)Cc2ccccc21. The van der Waals surface area contributed by atoms with E-state index in [9.17, 15) is 93.3 Å². The number of Topliss-reactive ketones (excluding diaryl/α,β-unsaturated/α-hetero) is 2. The Hall–Kier alpha value is -11.5. The van der Waals surface area contributed by atoms with Crippen molar-refractivity contribution >= 4 is 93.7 Å². The number of anilines is 2. The van der Waals surface area contributed by atoms with Gasteiger partial charge < -0.3 is 138 Å². The number of phenols is 1. The number of urea groups is 1. The Kier molecular flexibility index (Phi) is 47.5. The van der Waals surface area contributed by atoms with Gasteiger partial charge in [0.25, 0.3) is 0 Å². The first-order valence-corrected chi connectivity index (χ1v) is 51.9. The number of rotatable bonds is 63. The number of phenolic OH excluding ortho intramolecular Hbond substituents is 1. The van der Waals surface area contributed by atoms with Crippen LogP contribution in [0.4, 0.5) is 21.0 Å². The number of aliphatic hydroxyl groups excluding tert-OH is 6. The molecule has 5 aromatic rings. The lowest BCUT2D eigenvalue weighted by atomic mass is 9.49. The number of benzene rings is 5. The summed E-state index contributed by atoms with van der Waals surface area (Å²) in [7, 11) is 1.86. The summed E-state index contributed by atoms with van der Waals surface area (Å²) in [5, 5.41) is 98.8. The first kappa shape index (κ1) is 119. The number of amides is 11. The molecule has 0 spiro atoms. The summed E-state index contributed by atoms with van der Waals surface area (Å²) < 4.78 is 45.0. The third-order valence-electron chi connectivity index (χ3n) is 29.5. The number of primary amides is 1. The number of imide groups is 1. The molecule has 14 atom stereocenters. The Morgan fingerprint density at radius 2 is 1.07 bits per heavy atom. The van der Waals surface area contributed by atoms with Gasteiger partial charge in [0, 0.05) is 94.0 Å². The van der Waals surface area contributed by atoms with Crippen molar-refractivity contribution in [1.82, 2.24) is 53.3 Å². The third-order valence-corrected chi connectivity index (χ3v) is 29.5. The second-order valence-electron chi connectivity index (χ2n) is 40.2. The minimum Gasteiger partial charge on any atom is -0.508 e. The number of nitrogens with two attached hydrogens (primary N) is 2. The van der Waals surface area contributed by atoms with E-state index in [2.05, 4.69) is 72.4 Å². The predicted molar refractivity (Wildman–Crippen MR) is 553 cm³/mol. The molecule has 2 fully saturated rings. The highest BCUT2D eigenvalue weighted by molar-refractivity contribution is 6.04. The van der Waals surface area contributed by atoms with Crippen LogP contribution in [0.2, 0.25) is 0 Å². The molecule has 0 bridgehead atoms. The van der Waals surface area contributed by atoms with E-state index >= 15 is 0 Å². The average molecular weight is 2080 g/mol. The van der Waals surface area contributed by atoms with Crippen LogP contribution in [0.5, 0.6) is 5.75 Å². The van der Waals surface area contributed by atoms with Crippen LogP contribution >= 0.6 is 0 Å². The average Bonchev–Trinajstić information content (AvgIpc) is 0.720. The molecule has 2 saturated carbocycles. The van der Waals surface area contributed by atoms with Gasteiger partial charge in [-0.05, 0) is 176 Å². The van der Waals surface area contributed by atoms with Crippen LogP contribution in [-0.4, -0.2) is 295 Å². The molecule has 0 unspecified atom stereocenters. The topological polar surface area (TPSA) is 608 Å². The summed E-state index contributed by atoms with van der Waals surface area (Å²) in [6, 6.07) is 27.7. The maximum atomic E-state index is 14.9. The maximum Gasteiger partial charge on any atom is 0.408 e. The number of aromatic hydroxyl groups is 1. The lowest BCUT2D eigenvalue weighted by molar-refractivity contribution is -0.150. The van der Waals surface area contributed by atoms with Gasteiger partial charge in [0.15, 0.2) is 11.6 Å². The van der Waals surface area contributed by atoms with Crippen molar-refractivity contribution in [3.8, 4) is 5.75 Å². The van der Waals surface area contributed by atoms with Gasteiger partial charge >= 0.3 is 12.1 Å². The quantitative estimate of drug-likeness (QED) is 0.0113. The normalized spacial score (nSPS) is 20.7. The van der Waals surface area contributed by atoms with Gasteiger partial charge in [-0.25, -0.2) is 9.59 Å². The van der Waals surface area contributed by atoms with Crippen molar-refractivity contribution in [2.24, 2.45) is 46.1 Å². The zero-order valence-electron chi connectivity index (χ0n) is 86.8. The number of aryl methyl sites for hydroxylation is 2. The molecule has 0 saturated heterocycles. The molecular weight excluding hydrogens is 1930 g/mol. The summed E-state index contributed by atoms with van der Waals surface area (Å²) in [4.78, 5) is 168. The lowest BCUT2D eigenvalue weighted by Gasteiger charge is -2.56. The first-order valence-electron chi connectivity index (χ1n) is 51.9. The van der Waals surface area contributed by atoms with Crippen LogP contribution in [0.3, 0.4) is 0 Å². The number of carbonyl (C=O) groups excluding carboxylic acids is 12. The number of nitrogens with zero attached hydrogens (tertiary/aromatic N) is 1. The summed E-state index contributed by atoms with van der Waals surface area (Å²) >= 11 is 0. The van der Waals surface area contributed by atoms with Crippen molar-refractivity contribution < 1.29 is 131 Å². The number of fused-ring (bicyclic) bond motifs is 8. The van der Waals surface area contributed by atoms with Gasteiger partial charge in [0.1, 0.15) is 42.8 Å². The molecule has 11 amide bonds. The molecule has 820 valence electrons. The standard InChI is InChI=1S/C108H156N14O27/c1-68(2)94(85(127)61-73(16-12-41-114-103(109)140)99(136)116-75-27-21-69(22-28-75)67-149-104(141)118-82(65-123)84(126)60-70-20-23-71-25-31-88-105(3,79(71)59-70)37-13-39-107(88,5)101(138)120-102(139)108(6)40-14-38-106(4)80-62-76(125)29-24-72(80)26-32-89(106)108)119-100(137)81(30-33-91(131)115-63-86(128)97(134)98(135)87(129)66-124)117-92(132)36-45-142-49-53-146-57-58-148-55-51-144-47-43-112-90(130)34-35-93(133)122-64-74-15-8-9-17-77(74)95(96(121-110)78-18-10-11-19-83(78)122)113-44-48-145-52-56-147-54-50-143-46-42-111-7/h8-11,15,17-24,27-29,59,62,68,73,81-82,86-89,94,97-98,111,113,121,123-125,128-129,134-135H,12-14,16,25-26,30-58,60-61,63-67,110H2,1-7H3,(H,112,130)(H,115,131)(H,116,136)(H,117,132)(H,118,141)(H,119,137)(H3,109,114,140)(H,120,138,139)/b96-95-/t73-,81-,82+,86+,87-,88-,89-,94+,97-,98-,105-,106-,107+,108+/m1/s1. The van der Waals surface area contributed by atoms with Crippen molar-refractivity contribution in [2.45, 2.75) is 230 Å². The van der Waals surface area contributed by atoms with Gasteiger partial charge in [-0.2, -0.15) is 0 Å². The number of para-hydroxylation sites is 1. The maximum absolute atomic E-state index is 14.9. The van der Waals surface area contributed by atoms with Gasteiger partial charge in [0.2, 0.25) is 47.3 Å². The largest absolute Gasteiger partial charge is 0.508 e. The molecule has 5 aliphatic rings. The predicted octanol–water partition coefficient (Wildman–Crippen LogP) is 4.12. The molecule has 22 N–H and O–H groups in total. The van der Waals surface area contributed by atoms with E-state index < -0.39 is 151 Å². The Morgan fingerprint density at radius 1 is 0.510 bits per heavy atom. The van der Waals surface area contributed by atoms with Gasteiger partial charge in [-0.15, -0.1) is 0 Å². The highest BCUT2D eigenvalue weighted by Gasteiger charge is 2.59. The fourth-order valence-corrected chi connectivity index (χ4v) is 21.2. The molecule has 0 radical (unpaired) electrons. The van der Waals surface area contributed by atoms with Gasteiger partial charge in [-0.3, -0.25) is 59.1 Å². The van der Waals surface area contributed by atoms with Crippen LogP contribution in [0.1, 0.15) is 194 Å². The number of hydrogen-bond acceptors (Lipinski definition) is 31. The number of hydrogen-bond donors (Lipinski definition) is 20. The van der Waals surface area contributed by atoms with Crippen LogP contribution in [0, 0.1) is 34.5 Å². The van der Waals surface area contributed by atoms with Crippen molar-refractivity contribution in [3.05, 3.63) is 159 Å². The van der Waals surface area contributed by atoms with Crippen LogP contribution in [-0.2, 0) is 129 Å². The van der Waals surface area contributed by atoms with Crippen LogP contribution in [0.25, 0.3) is 11.4 Å². The molecular formula is C108H156N14O27. The molecule has 41 heteroatoms. The number of likely N-dealkylation sites (N-methyl/N-ethyl adjacent to an activating group) is 1. The van der Waals surface area contributed by atoms with E-state index in [0.29, 0.717) is 99.9 Å². The van der Waals surface area contributed by atoms with E-state index in [4.69, 9.17) is 49.5 Å². The van der Waals surface area contributed by atoms with E-state index in [1.54, 1.807) is 36.9 Å². The second kappa shape index (κ2) is 59.3. The van der Waals surface area contributed by atoms with Crippen molar-refractivity contribution in [1.29, 1.82) is 0 Å². The Bertz CT molecular complexity index is 5310. The Labute approximate surface area is 870 Å². The molecule has 1 heterocycles. The van der Waals surface area contributed by atoms with E-state index in [0.717, 1.165) is 78.6 Å². The van der Waals surface area contributed by atoms with Crippen LogP contribution in [0.15, 0.2) is 109 Å². The minimum absolute atomic E-state index is 0.0261. The van der Waals surface area contributed by atoms with Gasteiger partial charge in [-0.1, -0.05) is 133 Å². The van der Waals surface area contributed by atoms with Crippen molar-refractivity contribution in [3.63, 3.8) is 0 Å². The smallest absolute Gasteiger partial charge is 0.408 e. The Balaban J connectivity index is 0.641. The number of aliphatic hydroxyl groups is 6. The summed E-state index contributed by atoms with van der Waals surface area (Å²) in [5.41, 5.74) is 15.7. The molecule has 0 aromatic heterocycles. The molecule has 4 aliphatic carbocycles. The number of nitrogens with one attached hydrogen (secondary N) is 11. The number of ketones is 2. The first-order chi connectivity index (χ1) is 71.5. The number of hydrazine groups is 1. The third kappa shape index (κ3) is 34.0. The van der Waals surface area contributed by atoms with Crippen molar-refractivity contribution in [2.75, 3.05) is 156 Å². The monoisotopic (exact) mass is 2080 g/mol. The summed E-state index contributed by atoms with van der Waals surface area (Å²) in [6.07, 6.45) is -2.99. The van der Waals surface area contributed by atoms with E-state index in [1.165, 1.54) is 17.7 Å². The number of carbonyl (C=O) groups is 12. The molecule has 149 heavy (non-hydrogen) atoms. The fourth-order valence-electron chi connectivity index (χ4n) is 21.2. The van der Waals surface area contributed by atoms with Gasteiger partial charge in [0.05, 0.1) is 152 Å². The number of ether oxygens (including phenoxy) is 8. The highest BCUT2D eigenvalue weighted by atomic mass is 16.6. The summed E-state index contributed by atoms with van der Waals surface area (Å²) in [5.74, 6) is -0.692. The molecule has 41 nitrogen and oxygen atoms in total. The number of alkyl carbamates (subject to hydrolysis) is 1. The fraction of sp³-hybridized carbons (Fsp3) is 0.593. The molecule has 10 rings (SSSR count). The molecule has 5 aromatic carbocycles. The Morgan fingerprint density at radius 3 is 1.66 bits per heavy atom. The highest BCUT2D eigenvalue weighted by Crippen LogP contribution is 2.60. The van der Waals surface area contributed by atoms with E-state index in [-0.39, 0.29) is 176 Å². The summed E-state index contributed by atoms with van der Waals surface area (Å²) in [6.45, 7) is 14.4. The zero-order chi connectivity index (χ0) is 108. The second-order valence-corrected chi connectivity index (χ2v) is 40.2. The lowest BCUT2D eigenvalue weighted by Crippen LogP contribution is -2.60. The van der Waals surface area contributed by atoms with Crippen LogP contribution < -0.4 is 75.1 Å². The van der Waals surface area contributed by atoms with E-state index in [1.807, 2.05) is 99.8 Å².